The van der Waals surface area contributed by atoms with Gasteiger partial charge in [0.05, 0.1) is 0 Å². The Morgan fingerprint density at radius 3 is 2.36 bits per heavy atom. The molecule has 0 fully saturated rings. The zero-order chi connectivity index (χ0) is 20.9. The Morgan fingerprint density at radius 1 is 1.14 bits per heavy atom. The van der Waals surface area contributed by atoms with Crippen molar-refractivity contribution < 1.29 is 9.90 Å². The number of carbonyl (C=O) groups is 1. The molecule has 1 rings (SSSR count). The van der Waals surface area contributed by atoms with Gasteiger partial charge in [0.1, 0.15) is 11.9 Å². The lowest BCUT2D eigenvalue weighted by Gasteiger charge is -2.13. The van der Waals surface area contributed by atoms with Crippen molar-refractivity contribution in [3.05, 3.63) is 52.8 Å². The molecule has 5 heteroatoms. The van der Waals surface area contributed by atoms with Crippen LogP contribution < -0.4 is 5.32 Å². The third-order valence-corrected chi connectivity index (χ3v) is 5.38. The third-order valence-electron chi connectivity index (χ3n) is 4.41. The molecule has 4 nitrogen and oxygen atoms in total. The molecule has 1 atom stereocenters. The average Bonchev–Trinajstić information content (AvgIpc) is 3.02. The molecule has 0 amide bonds. The van der Waals surface area contributed by atoms with Gasteiger partial charge in [-0.2, -0.15) is 11.8 Å². The lowest BCUT2D eigenvalue weighted by molar-refractivity contribution is -0.137. The Bertz CT molecular complexity index is 697. The van der Waals surface area contributed by atoms with Crippen molar-refractivity contribution in [3.63, 3.8) is 0 Å². The Balaban J connectivity index is 2.30. The summed E-state index contributed by atoms with van der Waals surface area (Å²) >= 11 is 1.64. The number of hydrogen-bond acceptors (Lipinski definition) is 3. The second kappa shape index (κ2) is 13.3. The summed E-state index contributed by atoms with van der Waals surface area (Å²) in [6, 6.07) is 1.32. The molecule has 1 aromatic heterocycles. The largest absolute Gasteiger partial charge is 0.480 e. The molecule has 28 heavy (non-hydrogen) atoms. The number of rotatable bonds is 13. The first-order valence-corrected chi connectivity index (χ1v) is 11.1. The van der Waals surface area contributed by atoms with Crippen LogP contribution in [-0.2, 0) is 4.79 Å². The molecule has 1 aromatic rings. The second-order valence-corrected chi connectivity index (χ2v) is 8.70. The first-order valence-electron chi connectivity index (χ1n) is 9.94. The topological polar surface area (TPSA) is 65.1 Å². The molecule has 0 aliphatic heterocycles. The van der Waals surface area contributed by atoms with Crippen LogP contribution in [0.25, 0.3) is 0 Å². The Morgan fingerprint density at radius 2 is 1.79 bits per heavy atom. The van der Waals surface area contributed by atoms with E-state index in [4.69, 9.17) is 0 Å². The van der Waals surface area contributed by atoms with E-state index in [9.17, 15) is 9.90 Å². The minimum atomic E-state index is -0.825. The standard InChI is InChI=1S/C23H36N2O2S/c1-17(2)8-6-9-18(3)10-7-11-19(4)12-13-28-16-21(23(26)27)25-22-14-20(5)15-24-22/h8,10,12,14-15,21,24-25H,6-7,9,11,13,16H2,1-5H3,(H,26,27)/b18-10+,19-12+. The Labute approximate surface area is 174 Å². The van der Waals surface area contributed by atoms with Gasteiger partial charge in [0.15, 0.2) is 0 Å². The van der Waals surface area contributed by atoms with Gasteiger partial charge in [-0.25, -0.2) is 4.79 Å². The molecule has 156 valence electrons. The van der Waals surface area contributed by atoms with E-state index in [2.05, 4.69) is 56.2 Å². The summed E-state index contributed by atoms with van der Waals surface area (Å²) in [5.41, 5.74) is 5.28. The van der Waals surface area contributed by atoms with Crippen LogP contribution in [0.4, 0.5) is 5.82 Å². The number of allylic oxidation sites excluding steroid dienone is 5. The highest BCUT2D eigenvalue weighted by Gasteiger charge is 2.17. The fourth-order valence-electron chi connectivity index (χ4n) is 2.67. The van der Waals surface area contributed by atoms with Crippen molar-refractivity contribution in [2.24, 2.45) is 0 Å². The first kappa shape index (κ1) is 24.2. The van der Waals surface area contributed by atoms with Gasteiger partial charge in [-0.15, -0.1) is 0 Å². The van der Waals surface area contributed by atoms with Gasteiger partial charge in [-0.3, -0.25) is 0 Å². The van der Waals surface area contributed by atoms with Gasteiger partial charge in [-0.1, -0.05) is 34.9 Å². The number of anilines is 1. The number of carboxylic acids is 1. The van der Waals surface area contributed by atoms with Crippen molar-refractivity contribution in [3.8, 4) is 0 Å². The molecule has 0 aliphatic carbocycles. The molecule has 0 aromatic carbocycles. The van der Waals surface area contributed by atoms with E-state index in [0.29, 0.717) is 5.75 Å². The fourth-order valence-corrected chi connectivity index (χ4v) is 3.67. The van der Waals surface area contributed by atoms with Gasteiger partial charge >= 0.3 is 5.97 Å². The van der Waals surface area contributed by atoms with Crippen molar-refractivity contribution in [2.75, 3.05) is 16.8 Å². The van der Waals surface area contributed by atoms with Gasteiger partial charge in [0.25, 0.3) is 0 Å². The van der Waals surface area contributed by atoms with Crippen LogP contribution in [0.5, 0.6) is 0 Å². The lowest BCUT2D eigenvalue weighted by atomic mass is 10.1. The number of hydrogen-bond donors (Lipinski definition) is 3. The summed E-state index contributed by atoms with van der Waals surface area (Å²) < 4.78 is 0. The number of thioether (sulfide) groups is 1. The smallest absolute Gasteiger partial charge is 0.327 e. The number of nitrogens with one attached hydrogen (secondary N) is 2. The zero-order valence-corrected chi connectivity index (χ0v) is 18.8. The average molecular weight is 405 g/mol. The van der Waals surface area contributed by atoms with E-state index in [1.54, 1.807) is 11.8 Å². The summed E-state index contributed by atoms with van der Waals surface area (Å²) in [5.74, 6) is 1.29. The van der Waals surface area contributed by atoms with Crippen LogP contribution in [-0.4, -0.2) is 33.6 Å². The minimum Gasteiger partial charge on any atom is -0.480 e. The zero-order valence-electron chi connectivity index (χ0n) is 18.0. The van der Waals surface area contributed by atoms with Crippen LogP contribution in [0.2, 0.25) is 0 Å². The molecule has 0 aliphatic rings. The van der Waals surface area contributed by atoms with Gasteiger partial charge < -0.3 is 15.4 Å². The first-order chi connectivity index (χ1) is 13.3. The van der Waals surface area contributed by atoms with Crippen LogP contribution in [0.15, 0.2) is 47.2 Å². The minimum absolute atomic E-state index is 0.528. The normalized spacial score (nSPS) is 13.3. The van der Waals surface area contributed by atoms with Crippen molar-refractivity contribution in [1.82, 2.24) is 4.98 Å². The van der Waals surface area contributed by atoms with E-state index >= 15 is 0 Å². The summed E-state index contributed by atoms with van der Waals surface area (Å²) in [4.78, 5) is 14.5. The van der Waals surface area contributed by atoms with Gasteiger partial charge in [0, 0.05) is 17.7 Å². The summed E-state index contributed by atoms with van der Waals surface area (Å²) in [5, 5.41) is 12.4. The van der Waals surface area contributed by atoms with E-state index in [1.165, 1.54) is 16.7 Å². The maximum Gasteiger partial charge on any atom is 0.327 e. The maximum atomic E-state index is 11.4. The van der Waals surface area contributed by atoms with Crippen molar-refractivity contribution >= 4 is 23.5 Å². The Kier molecular flexibility index (Phi) is 11.5. The summed E-state index contributed by atoms with van der Waals surface area (Å²) in [6.45, 7) is 10.6. The Hall–Kier alpha value is -1.88. The van der Waals surface area contributed by atoms with Crippen LogP contribution in [0.3, 0.4) is 0 Å². The number of aromatic nitrogens is 1. The lowest BCUT2D eigenvalue weighted by Crippen LogP contribution is -2.31. The molecular weight excluding hydrogens is 368 g/mol. The second-order valence-electron chi connectivity index (χ2n) is 7.62. The quantitative estimate of drug-likeness (QED) is 0.265. The molecule has 1 unspecified atom stereocenters. The van der Waals surface area contributed by atoms with Crippen LogP contribution in [0, 0.1) is 6.92 Å². The SMILES string of the molecule is CC(C)=CCC/C(C)=C/CC/C(C)=C/CSCC(Nc1cc(C)c[nH]1)C(=O)O. The van der Waals surface area contributed by atoms with E-state index in [-0.39, 0.29) is 0 Å². The number of H-pyrrole nitrogens is 1. The summed E-state index contributed by atoms with van der Waals surface area (Å²) in [7, 11) is 0. The number of aryl methyl sites for hydroxylation is 1. The molecule has 0 saturated carbocycles. The number of aliphatic carboxylic acids is 1. The molecule has 0 saturated heterocycles. The highest BCUT2D eigenvalue weighted by molar-refractivity contribution is 7.99. The molecule has 1 heterocycles. The molecule has 0 bridgehead atoms. The highest BCUT2D eigenvalue weighted by atomic mass is 32.2. The van der Waals surface area contributed by atoms with E-state index in [1.807, 2.05) is 19.2 Å². The van der Waals surface area contributed by atoms with E-state index in [0.717, 1.165) is 42.8 Å². The van der Waals surface area contributed by atoms with Gasteiger partial charge in [0.2, 0.25) is 0 Å². The molecule has 0 spiro atoms. The monoisotopic (exact) mass is 404 g/mol. The summed E-state index contributed by atoms with van der Waals surface area (Å²) in [6.07, 6.45) is 13.1. The number of aromatic amines is 1. The number of carboxylic acid groups (broad SMARTS) is 1. The van der Waals surface area contributed by atoms with Crippen LogP contribution >= 0.6 is 11.8 Å². The third kappa shape index (κ3) is 11.1. The van der Waals surface area contributed by atoms with Crippen LogP contribution in [0.1, 0.15) is 58.9 Å². The van der Waals surface area contributed by atoms with E-state index < -0.39 is 12.0 Å². The maximum absolute atomic E-state index is 11.4. The highest BCUT2D eigenvalue weighted by Crippen LogP contribution is 2.15. The molecule has 0 radical (unpaired) electrons. The van der Waals surface area contributed by atoms with Gasteiger partial charge in [-0.05, 0) is 71.9 Å². The van der Waals surface area contributed by atoms with Crippen molar-refractivity contribution in [2.45, 2.75) is 66.3 Å². The molecular formula is C23H36N2O2S. The predicted molar refractivity (Wildman–Crippen MR) is 123 cm³/mol. The van der Waals surface area contributed by atoms with Crippen molar-refractivity contribution in [1.29, 1.82) is 0 Å². The fraction of sp³-hybridized carbons (Fsp3) is 0.522. The predicted octanol–water partition coefficient (Wildman–Crippen LogP) is 6.34. The molecule has 3 N–H and O–H groups in total.